The molecule has 0 atom stereocenters. The number of fused-ring (bicyclic) bond motifs is 1. The van der Waals surface area contributed by atoms with E-state index in [9.17, 15) is 19.7 Å². The maximum atomic E-state index is 12.3. The van der Waals surface area contributed by atoms with E-state index in [1.54, 1.807) is 24.3 Å². The summed E-state index contributed by atoms with van der Waals surface area (Å²) in [5, 5.41) is 14.3. The third-order valence-electron chi connectivity index (χ3n) is 3.57. The summed E-state index contributed by atoms with van der Waals surface area (Å²) in [6, 6.07) is 10.7. The molecule has 0 aliphatic heterocycles. The molecule has 3 rings (SSSR count). The molecule has 0 aliphatic rings. The predicted octanol–water partition coefficient (Wildman–Crippen LogP) is 4.50. The third-order valence-corrected chi connectivity index (χ3v) is 4.98. The van der Waals surface area contributed by atoms with Crippen LogP contribution in [-0.4, -0.2) is 23.9 Å². The molecule has 1 N–H and O–H groups in total. The number of esters is 1. The number of halogens is 1. The van der Waals surface area contributed by atoms with E-state index in [0.717, 1.165) is 16.2 Å². The standard InChI is InChI=1S/C17H11ClN2O5S/c1-25-17(22)15-8-10-6-11(3-5-14(10)26-15)19-16(21)9-2-4-12(18)13(7-9)20(23)24/h2-8H,1H3,(H,19,21). The molecule has 0 spiro atoms. The van der Waals surface area contributed by atoms with Gasteiger partial charge in [-0.3, -0.25) is 14.9 Å². The Morgan fingerprint density at radius 1 is 1.19 bits per heavy atom. The quantitative estimate of drug-likeness (QED) is 0.401. The summed E-state index contributed by atoms with van der Waals surface area (Å²) in [6.07, 6.45) is 0. The van der Waals surface area contributed by atoms with Crippen LogP contribution in [0.25, 0.3) is 10.1 Å². The largest absolute Gasteiger partial charge is 0.465 e. The maximum Gasteiger partial charge on any atom is 0.348 e. The number of thiophene rings is 1. The van der Waals surface area contributed by atoms with Crippen LogP contribution < -0.4 is 5.32 Å². The fraction of sp³-hybridized carbons (Fsp3) is 0.0588. The lowest BCUT2D eigenvalue weighted by atomic mass is 10.1. The smallest absolute Gasteiger partial charge is 0.348 e. The van der Waals surface area contributed by atoms with E-state index in [1.807, 2.05) is 0 Å². The highest BCUT2D eigenvalue weighted by atomic mass is 35.5. The number of benzene rings is 2. The van der Waals surface area contributed by atoms with Gasteiger partial charge >= 0.3 is 5.97 Å². The topological polar surface area (TPSA) is 98.5 Å². The minimum absolute atomic E-state index is 0.0402. The van der Waals surface area contributed by atoms with E-state index in [4.69, 9.17) is 16.3 Å². The third kappa shape index (κ3) is 3.51. The van der Waals surface area contributed by atoms with E-state index in [1.165, 1.54) is 30.6 Å². The molecule has 0 radical (unpaired) electrons. The average molecular weight is 391 g/mol. The first-order valence-electron chi connectivity index (χ1n) is 7.26. The molecular weight excluding hydrogens is 380 g/mol. The fourth-order valence-corrected chi connectivity index (χ4v) is 3.47. The lowest BCUT2D eigenvalue weighted by Crippen LogP contribution is -2.12. The van der Waals surface area contributed by atoms with E-state index < -0.39 is 16.8 Å². The summed E-state index contributed by atoms with van der Waals surface area (Å²) in [4.78, 5) is 34.7. The molecule has 1 aromatic heterocycles. The van der Waals surface area contributed by atoms with Crippen LogP contribution in [-0.2, 0) is 4.74 Å². The summed E-state index contributed by atoms with van der Waals surface area (Å²) >= 11 is 7.04. The number of nitro benzene ring substituents is 1. The second kappa shape index (κ2) is 7.11. The first kappa shape index (κ1) is 17.8. The van der Waals surface area contributed by atoms with Gasteiger partial charge in [-0.05, 0) is 41.8 Å². The van der Waals surface area contributed by atoms with E-state index >= 15 is 0 Å². The number of nitrogens with one attached hydrogen (secondary N) is 1. The van der Waals surface area contributed by atoms with Gasteiger partial charge in [0.1, 0.15) is 9.90 Å². The second-order valence-electron chi connectivity index (χ2n) is 5.23. The summed E-state index contributed by atoms with van der Waals surface area (Å²) in [7, 11) is 1.31. The number of carbonyl (C=O) groups is 2. The molecule has 9 heteroatoms. The number of anilines is 1. The molecule has 7 nitrogen and oxygen atoms in total. The summed E-state index contributed by atoms with van der Waals surface area (Å²) in [5.41, 5.74) is 0.270. The second-order valence-corrected chi connectivity index (χ2v) is 6.72. The van der Waals surface area contributed by atoms with Gasteiger partial charge in [-0.1, -0.05) is 11.6 Å². The first-order chi connectivity index (χ1) is 12.4. The number of hydrogen-bond donors (Lipinski definition) is 1. The highest BCUT2D eigenvalue weighted by Crippen LogP contribution is 2.29. The molecule has 1 heterocycles. The van der Waals surface area contributed by atoms with E-state index in [0.29, 0.717) is 10.6 Å². The van der Waals surface area contributed by atoms with Gasteiger partial charge in [-0.2, -0.15) is 0 Å². The number of amides is 1. The van der Waals surface area contributed by atoms with Crippen molar-refractivity contribution < 1.29 is 19.2 Å². The van der Waals surface area contributed by atoms with Crippen LogP contribution in [0.3, 0.4) is 0 Å². The zero-order valence-electron chi connectivity index (χ0n) is 13.3. The lowest BCUT2D eigenvalue weighted by Gasteiger charge is -2.06. The SMILES string of the molecule is COC(=O)c1cc2cc(NC(=O)c3ccc(Cl)c([N+](=O)[O-])c3)ccc2s1. The number of carbonyl (C=O) groups excluding carboxylic acids is 2. The van der Waals surface area contributed by atoms with Gasteiger partial charge in [-0.25, -0.2) is 4.79 Å². The molecule has 0 saturated heterocycles. The predicted molar refractivity (Wildman–Crippen MR) is 99.2 cm³/mol. The minimum atomic E-state index is -0.648. The number of methoxy groups -OCH3 is 1. The molecule has 0 saturated carbocycles. The van der Waals surface area contributed by atoms with Crippen molar-refractivity contribution in [2.45, 2.75) is 0 Å². The number of rotatable bonds is 4. The first-order valence-corrected chi connectivity index (χ1v) is 8.45. The molecule has 0 bridgehead atoms. The van der Waals surface area contributed by atoms with Crippen molar-refractivity contribution in [1.29, 1.82) is 0 Å². The molecule has 0 aliphatic carbocycles. The number of ether oxygens (including phenoxy) is 1. The normalized spacial score (nSPS) is 10.5. The van der Waals surface area contributed by atoms with Crippen molar-refractivity contribution in [2.24, 2.45) is 0 Å². The van der Waals surface area contributed by atoms with Gasteiger partial charge < -0.3 is 10.1 Å². The average Bonchev–Trinajstić information content (AvgIpc) is 3.04. The minimum Gasteiger partial charge on any atom is -0.465 e. The molecule has 132 valence electrons. The Kier molecular flexibility index (Phi) is 4.88. The Morgan fingerprint density at radius 3 is 2.65 bits per heavy atom. The van der Waals surface area contributed by atoms with Crippen molar-refractivity contribution >= 4 is 56.3 Å². The Morgan fingerprint density at radius 2 is 1.96 bits per heavy atom. The van der Waals surface area contributed by atoms with Crippen molar-refractivity contribution in [2.75, 3.05) is 12.4 Å². The Bertz CT molecular complexity index is 1050. The maximum absolute atomic E-state index is 12.3. The highest BCUT2D eigenvalue weighted by molar-refractivity contribution is 7.20. The summed E-state index contributed by atoms with van der Waals surface area (Å²) < 4.78 is 5.56. The summed E-state index contributed by atoms with van der Waals surface area (Å²) in [6.45, 7) is 0. The molecule has 0 fully saturated rings. The summed E-state index contributed by atoms with van der Waals surface area (Å²) in [5.74, 6) is -0.933. The highest BCUT2D eigenvalue weighted by Gasteiger charge is 2.17. The number of hydrogen-bond acceptors (Lipinski definition) is 6. The van der Waals surface area contributed by atoms with Gasteiger partial charge in [0.15, 0.2) is 0 Å². The molecule has 3 aromatic rings. The van der Waals surface area contributed by atoms with Crippen molar-refractivity contribution in [3.05, 3.63) is 68.0 Å². The van der Waals surface area contributed by atoms with Gasteiger partial charge in [0.05, 0.1) is 12.0 Å². The van der Waals surface area contributed by atoms with E-state index in [-0.39, 0.29) is 16.3 Å². The van der Waals surface area contributed by atoms with Crippen LogP contribution in [0.1, 0.15) is 20.0 Å². The zero-order valence-corrected chi connectivity index (χ0v) is 14.9. The lowest BCUT2D eigenvalue weighted by molar-refractivity contribution is -0.384. The Balaban J connectivity index is 1.86. The van der Waals surface area contributed by atoms with Crippen LogP contribution in [0.4, 0.5) is 11.4 Å². The van der Waals surface area contributed by atoms with Crippen LogP contribution in [0.2, 0.25) is 5.02 Å². The number of nitro groups is 1. The molecule has 26 heavy (non-hydrogen) atoms. The molecule has 1 amide bonds. The van der Waals surface area contributed by atoms with Gasteiger partial charge in [0.25, 0.3) is 11.6 Å². The van der Waals surface area contributed by atoms with Crippen LogP contribution in [0, 0.1) is 10.1 Å². The van der Waals surface area contributed by atoms with Gasteiger partial charge in [0, 0.05) is 22.0 Å². The number of nitrogens with zero attached hydrogens (tertiary/aromatic N) is 1. The molecular formula is C17H11ClN2O5S. The molecule has 0 unspecified atom stereocenters. The van der Waals surface area contributed by atoms with Crippen molar-refractivity contribution in [3.8, 4) is 0 Å². The molecule has 2 aromatic carbocycles. The van der Waals surface area contributed by atoms with Crippen LogP contribution >= 0.6 is 22.9 Å². The van der Waals surface area contributed by atoms with Crippen molar-refractivity contribution in [3.63, 3.8) is 0 Å². The zero-order chi connectivity index (χ0) is 18.8. The fourth-order valence-electron chi connectivity index (χ4n) is 2.32. The van der Waals surface area contributed by atoms with E-state index in [2.05, 4.69) is 5.32 Å². The van der Waals surface area contributed by atoms with Crippen LogP contribution in [0.5, 0.6) is 0 Å². The van der Waals surface area contributed by atoms with Gasteiger partial charge in [-0.15, -0.1) is 11.3 Å². The Hall–Kier alpha value is -2.97. The van der Waals surface area contributed by atoms with Crippen molar-refractivity contribution in [1.82, 2.24) is 0 Å². The monoisotopic (exact) mass is 390 g/mol. The Labute approximate surface area is 156 Å². The van der Waals surface area contributed by atoms with Crippen LogP contribution in [0.15, 0.2) is 42.5 Å². The van der Waals surface area contributed by atoms with Gasteiger partial charge in [0.2, 0.25) is 0 Å².